The van der Waals surface area contributed by atoms with Gasteiger partial charge in [-0.25, -0.2) is 0 Å². The fraction of sp³-hybridized carbons (Fsp3) is 0.667. The first kappa shape index (κ1) is 17.1. The summed E-state index contributed by atoms with van der Waals surface area (Å²) in [4.78, 5) is 2.47. The quantitative estimate of drug-likeness (QED) is 0.748. The lowest BCUT2D eigenvalue weighted by molar-refractivity contribution is 0.194. The van der Waals surface area contributed by atoms with Gasteiger partial charge in [0.2, 0.25) is 0 Å². The molecule has 0 radical (unpaired) electrons. The normalized spacial score (nSPS) is 15.6. The maximum atomic E-state index is 5.64. The van der Waals surface area contributed by atoms with Crippen molar-refractivity contribution in [3.63, 3.8) is 0 Å². The second-order valence-corrected chi connectivity index (χ2v) is 5.93. The number of anilines is 1. The lowest BCUT2D eigenvalue weighted by Gasteiger charge is -2.25. The summed E-state index contributed by atoms with van der Waals surface area (Å²) in [7, 11) is 3.51. The Balaban J connectivity index is 1.94. The fourth-order valence-electron chi connectivity index (χ4n) is 2.98. The standard InChI is InChI=1S/C18H30N2O2/c1-21-13-7-10-19-15-16-8-9-17(18(14-16)22-2)20-11-5-3-4-6-12-20/h8-9,14,19H,3-7,10-13,15H2,1-2H3. The van der Waals surface area contributed by atoms with E-state index in [9.17, 15) is 0 Å². The van der Waals surface area contributed by atoms with Gasteiger partial charge in [0, 0.05) is 33.4 Å². The minimum atomic E-state index is 0.810. The van der Waals surface area contributed by atoms with Gasteiger partial charge in [-0.3, -0.25) is 0 Å². The Kier molecular flexibility index (Phi) is 7.54. The van der Waals surface area contributed by atoms with Gasteiger partial charge in [-0.2, -0.15) is 0 Å². The molecule has 0 atom stereocenters. The van der Waals surface area contributed by atoms with Gasteiger partial charge in [-0.05, 0) is 43.5 Å². The number of nitrogens with zero attached hydrogens (tertiary/aromatic N) is 1. The smallest absolute Gasteiger partial charge is 0.142 e. The van der Waals surface area contributed by atoms with Crippen molar-refractivity contribution in [2.75, 3.05) is 45.4 Å². The van der Waals surface area contributed by atoms with Gasteiger partial charge in [0.05, 0.1) is 12.8 Å². The van der Waals surface area contributed by atoms with Crippen LogP contribution in [0.4, 0.5) is 5.69 Å². The Morgan fingerprint density at radius 2 is 1.86 bits per heavy atom. The van der Waals surface area contributed by atoms with Crippen molar-refractivity contribution in [1.29, 1.82) is 0 Å². The van der Waals surface area contributed by atoms with E-state index in [2.05, 4.69) is 28.4 Å². The van der Waals surface area contributed by atoms with E-state index in [-0.39, 0.29) is 0 Å². The average Bonchev–Trinajstić information content (AvgIpc) is 2.83. The zero-order valence-electron chi connectivity index (χ0n) is 14.1. The van der Waals surface area contributed by atoms with Gasteiger partial charge in [0.1, 0.15) is 5.75 Å². The number of ether oxygens (including phenoxy) is 2. The highest BCUT2D eigenvalue weighted by molar-refractivity contribution is 5.60. The maximum Gasteiger partial charge on any atom is 0.142 e. The van der Waals surface area contributed by atoms with Crippen molar-refractivity contribution in [3.8, 4) is 5.75 Å². The van der Waals surface area contributed by atoms with Crippen LogP contribution in [0.15, 0.2) is 18.2 Å². The zero-order chi connectivity index (χ0) is 15.6. The summed E-state index contributed by atoms with van der Waals surface area (Å²) in [6.07, 6.45) is 6.31. The molecule has 4 nitrogen and oxygen atoms in total. The summed E-state index contributed by atoms with van der Waals surface area (Å²) >= 11 is 0. The average molecular weight is 306 g/mol. The molecule has 1 aliphatic heterocycles. The highest BCUT2D eigenvalue weighted by atomic mass is 16.5. The lowest BCUT2D eigenvalue weighted by atomic mass is 10.1. The van der Waals surface area contributed by atoms with Crippen molar-refractivity contribution in [2.45, 2.75) is 38.6 Å². The van der Waals surface area contributed by atoms with E-state index in [1.54, 1.807) is 14.2 Å². The van der Waals surface area contributed by atoms with Crippen LogP contribution in [0, 0.1) is 0 Å². The molecule has 0 aliphatic carbocycles. The van der Waals surface area contributed by atoms with Crippen molar-refractivity contribution in [3.05, 3.63) is 23.8 Å². The molecule has 1 heterocycles. The van der Waals surface area contributed by atoms with E-state index >= 15 is 0 Å². The predicted octanol–water partition coefficient (Wildman–Crippen LogP) is 3.20. The molecule has 124 valence electrons. The van der Waals surface area contributed by atoms with Crippen LogP contribution in [0.2, 0.25) is 0 Å². The predicted molar refractivity (Wildman–Crippen MR) is 91.9 cm³/mol. The molecule has 1 aromatic rings. The summed E-state index contributed by atoms with van der Waals surface area (Å²) in [5.41, 5.74) is 2.51. The van der Waals surface area contributed by atoms with Crippen LogP contribution in [-0.4, -0.2) is 40.5 Å². The third-order valence-corrected chi connectivity index (χ3v) is 4.22. The third kappa shape index (κ3) is 5.18. The molecule has 0 unspecified atom stereocenters. The van der Waals surface area contributed by atoms with Crippen LogP contribution in [0.25, 0.3) is 0 Å². The van der Waals surface area contributed by atoms with Crippen LogP contribution in [0.1, 0.15) is 37.7 Å². The Bertz CT molecular complexity index is 429. The Hall–Kier alpha value is -1.26. The van der Waals surface area contributed by atoms with Crippen LogP contribution < -0.4 is 15.0 Å². The number of rotatable bonds is 8. The number of benzene rings is 1. The van der Waals surface area contributed by atoms with Gasteiger partial charge >= 0.3 is 0 Å². The van der Waals surface area contributed by atoms with Crippen LogP contribution >= 0.6 is 0 Å². The van der Waals surface area contributed by atoms with E-state index < -0.39 is 0 Å². The molecule has 22 heavy (non-hydrogen) atoms. The molecule has 1 saturated heterocycles. The number of methoxy groups -OCH3 is 2. The Labute approximate surface area is 134 Å². The van der Waals surface area contributed by atoms with Crippen LogP contribution in [0.3, 0.4) is 0 Å². The molecule has 0 amide bonds. The minimum Gasteiger partial charge on any atom is -0.495 e. The highest BCUT2D eigenvalue weighted by Crippen LogP contribution is 2.31. The summed E-state index contributed by atoms with van der Waals surface area (Å²) in [6, 6.07) is 6.60. The summed E-state index contributed by atoms with van der Waals surface area (Å²) in [6.45, 7) is 4.95. The van der Waals surface area contributed by atoms with E-state index in [0.717, 1.165) is 45.0 Å². The van der Waals surface area contributed by atoms with Crippen molar-refractivity contribution in [2.24, 2.45) is 0 Å². The highest BCUT2D eigenvalue weighted by Gasteiger charge is 2.14. The van der Waals surface area contributed by atoms with E-state index in [0.29, 0.717) is 0 Å². The second kappa shape index (κ2) is 9.70. The van der Waals surface area contributed by atoms with Crippen molar-refractivity contribution in [1.82, 2.24) is 5.32 Å². The summed E-state index contributed by atoms with van der Waals surface area (Å²) < 4.78 is 10.7. The second-order valence-electron chi connectivity index (χ2n) is 5.93. The molecule has 1 aliphatic rings. The minimum absolute atomic E-state index is 0.810. The van der Waals surface area contributed by atoms with E-state index in [4.69, 9.17) is 9.47 Å². The number of hydrogen-bond donors (Lipinski definition) is 1. The van der Waals surface area contributed by atoms with Crippen LogP contribution in [0.5, 0.6) is 5.75 Å². The molecular formula is C18H30N2O2. The Morgan fingerprint density at radius 1 is 1.09 bits per heavy atom. The first-order chi connectivity index (χ1) is 10.8. The number of hydrogen-bond acceptors (Lipinski definition) is 4. The van der Waals surface area contributed by atoms with E-state index in [1.807, 2.05) is 0 Å². The van der Waals surface area contributed by atoms with Crippen molar-refractivity contribution >= 4 is 5.69 Å². The lowest BCUT2D eigenvalue weighted by Crippen LogP contribution is -2.24. The van der Waals surface area contributed by atoms with Crippen LogP contribution in [-0.2, 0) is 11.3 Å². The van der Waals surface area contributed by atoms with Crippen molar-refractivity contribution < 1.29 is 9.47 Å². The molecule has 0 bridgehead atoms. The molecular weight excluding hydrogens is 276 g/mol. The Morgan fingerprint density at radius 3 is 2.55 bits per heavy atom. The van der Waals surface area contributed by atoms with Gasteiger partial charge in [0.25, 0.3) is 0 Å². The third-order valence-electron chi connectivity index (χ3n) is 4.22. The largest absolute Gasteiger partial charge is 0.495 e. The molecule has 2 rings (SSSR count). The van der Waals surface area contributed by atoms with Gasteiger partial charge in [-0.15, -0.1) is 0 Å². The van der Waals surface area contributed by atoms with Gasteiger partial charge < -0.3 is 19.7 Å². The summed E-state index contributed by atoms with van der Waals surface area (Å²) in [5, 5.41) is 3.45. The molecule has 0 saturated carbocycles. The summed E-state index contributed by atoms with van der Waals surface area (Å²) in [5.74, 6) is 0.998. The molecule has 4 heteroatoms. The van der Waals surface area contributed by atoms with Gasteiger partial charge in [-0.1, -0.05) is 18.9 Å². The molecule has 0 spiro atoms. The molecule has 0 aromatic heterocycles. The molecule has 1 N–H and O–H groups in total. The topological polar surface area (TPSA) is 33.7 Å². The van der Waals surface area contributed by atoms with E-state index in [1.165, 1.54) is 36.9 Å². The maximum absolute atomic E-state index is 5.64. The first-order valence-corrected chi connectivity index (χ1v) is 8.46. The fourth-order valence-corrected chi connectivity index (χ4v) is 2.98. The monoisotopic (exact) mass is 306 g/mol. The zero-order valence-corrected chi connectivity index (χ0v) is 14.1. The number of nitrogens with one attached hydrogen (secondary N) is 1. The van der Waals surface area contributed by atoms with Gasteiger partial charge in [0.15, 0.2) is 0 Å². The first-order valence-electron chi connectivity index (χ1n) is 8.46. The SMILES string of the molecule is COCCCNCc1ccc(N2CCCCCC2)c(OC)c1. The molecule has 1 fully saturated rings. The molecule has 1 aromatic carbocycles.